The summed E-state index contributed by atoms with van der Waals surface area (Å²) in [6.45, 7) is 3.96. The Kier molecular flexibility index (Phi) is 1.51. The van der Waals surface area contributed by atoms with Gasteiger partial charge in [0.1, 0.15) is 5.82 Å². The second-order valence-electron chi connectivity index (χ2n) is 2.14. The van der Waals surface area contributed by atoms with Gasteiger partial charge in [0.25, 0.3) is 7.98 Å². The number of nitrogens with zero attached hydrogens (tertiary/aromatic N) is 4. The number of tetrazole rings is 1. The van der Waals surface area contributed by atoms with Gasteiger partial charge >= 0.3 is 0 Å². The van der Waals surface area contributed by atoms with Crippen LogP contribution in [0.4, 0.5) is 0 Å². The number of rotatable bonds is 1. The van der Waals surface area contributed by atoms with Crippen molar-refractivity contribution < 1.29 is 0 Å². The molecular weight excluding hydrogens is 115 g/mol. The van der Waals surface area contributed by atoms with E-state index < -0.39 is 0 Å². The molecule has 0 aliphatic carbocycles. The largest absolute Gasteiger partial charge is 0.291 e. The fraction of sp³-hybridized carbons (Fsp3) is 0.750. The van der Waals surface area contributed by atoms with Crippen LogP contribution >= 0.6 is 0 Å². The molecule has 1 rings (SSSR count). The molecule has 0 amide bonds. The first kappa shape index (κ1) is 6.26. The summed E-state index contributed by atoms with van der Waals surface area (Å²) in [6.07, 6.45) is 0. The number of hydrogen-bond donors (Lipinski definition) is 0. The van der Waals surface area contributed by atoms with Crippen LogP contribution in [-0.4, -0.2) is 28.1 Å². The van der Waals surface area contributed by atoms with Crippen molar-refractivity contribution >= 4 is 7.98 Å². The Morgan fingerprint density at radius 3 is 2.44 bits per heavy atom. The third-order valence-corrected chi connectivity index (χ3v) is 1.03. The average molecular weight is 122 g/mol. The topological polar surface area (TPSA) is 43.6 Å². The summed E-state index contributed by atoms with van der Waals surface area (Å²) in [4.78, 5) is 0. The summed E-state index contributed by atoms with van der Waals surface area (Å²) in [6, 6.07) is 0. The molecule has 0 saturated heterocycles. The minimum Gasteiger partial charge on any atom is -0.291 e. The zero-order valence-electron chi connectivity index (χ0n) is 5.44. The number of hydrogen-bond acceptors (Lipinski definition) is 3. The Morgan fingerprint density at radius 1 is 1.56 bits per heavy atom. The van der Waals surface area contributed by atoms with Crippen molar-refractivity contribution in [3.63, 3.8) is 0 Å². The van der Waals surface area contributed by atoms with Crippen LogP contribution < -0.4 is 0 Å². The highest BCUT2D eigenvalue weighted by molar-refractivity contribution is 6.05. The Balaban J connectivity index is 2.94. The molecule has 0 N–H and O–H groups in total. The van der Waals surface area contributed by atoms with E-state index in [1.54, 1.807) is 0 Å². The van der Waals surface area contributed by atoms with E-state index in [1.807, 2.05) is 13.8 Å². The van der Waals surface area contributed by atoms with Gasteiger partial charge < -0.3 is 0 Å². The van der Waals surface area contributed by atoms with Gasteiger partial charge in [-0.2, -0.15) is 0 Å². The summed E-state index contributed by atoms with van der Waals surface area (Å²) in [5.74, 6) is 0.986. The minimum atomic E-state index is 0.282. The average Bonchev–Trinajstić information content (AvgIpc) is 2.13. The van der Waals surface area contributed by atoms with Crippen LogP contribution in [0.15, 0.2) is 0 Å². The van der Waals surface area contributed by atoms with Crippen molar-refractivity contribution in [3.8, 4) is 0 Å². The van der Waals surface area contributed by atoms with Gasteiger partial charge in [-0.25, -0.2) is 0 Å². The lowest BCUT2D eigenvalue weighted by molar-refractivity contribution is 0.753. The molecule has 0 bridgehead atoms. The highest BCUT2D eigenvalue weighted by Gasteiger charge is 2.04. The second kappa shape index (κ2) is 2.17. The third-order valence-electron chi connectivity index (χ3n) is 1.03. The molecule has 0 saturated carbocycles. The van der Waals surface area contributed by atoms with Gasteiger partial charge in [0.15, 0.2) is 0 Å². The Bertz CT molecular complexity index is 194. The van der Waals surface area contributed by atoms with Crippen molar-refractivity contribution in [3.05, 3.63) is 5.82 Å². The molecule has 4 nitrogen and oxygen atoms in total. The Labute approximate surface area is 54.7 Å². The zero-order valence-corrected chi connectivity index (χ0v) is 5.44. The van der Waals surface area contributed by atoms with Gasteiger partial charge in [-0.1, -0.05) is 19.1 Å². The molecule has 0 aromatic carbocycles. The lowest BCUT2D eigenvalue weighted by Crippen LogP contribution is -2.03. The van der Waals surface area contributed by atoms with E-state index in [9.17, 15) is 0 Å². The van der Waals surface area contributed by atoms with Gasteiger partial charge in [0.2, 0.25) is 0 Å². The maximum Gasteiger partial charge on any atom is 0.269 e. The van der Waals surface area contributed by atoms with Crippen LogP contribution in [0.2, 0.25) is 0 Å². The van der Waals surface area contributed by atoms with E-state index in [4.69, 9.17) is 7.98 Å². The first-order valence-corrected chi connectivity index (χ1v) is 2.75. The van der Waals surface area contributed by atoms with E-state index in [0.29, 0.717) is 5.82 Å². The van der Waals surface area contributed by atoms with E-state index in [2.05, 4.69) is 15.5 Å². The third kappa shape index (κ3) is 1.09. The normalized spacial score (nSPS) is 10.6. The molecule has 0 fully saturated rings. The van der Waals surface area contributed by atoms with Crippen LogP contribution in [-0.2, 0) is 0 Å². The molecule has 1 aromatic rings. The van der Waals surface area contributed by atoms with Gasteiger partial charge in [0.05, 0.1) is 0 Å². The van der Waals surface area contributed by atoms with Gasteiger partial charge in [0, 0.05) is 5.92 Å². The fourth-order valence-corrected chi connectivity index (χ4v) is 0.581. The molecule has 46 valence electrons. The molecular formula is C4H7BN4. The molecule has 1 aromatic heterocycles. The molecule has 0 spiro atoms. The fourth-order valence-electron chi connectivity index (χ4n) is 0.581. The maximum absolute atomic E-state index is 5.32. The highest BCUT2D eigenvalue weighted by Crippen LogP contribution is 2.05. The first-order chi connectivity index (χ1) is 4.22. The molecule has 1 heterocycles. The Hall–Kier alpha value is -0.865. The van der Waals surface area contributed by atoms with Crippen LogP contribution in [0.1, 0.15) is 25.6 Å². The standard InChI is InChI=1S/C4H7BN4/c1-3(2)4-6-7-8-9(4)5/h3H,1-2H3. The number of aromatic nitrogens is 4. The lowest BCUT2D eigenvalue weighted by atomic mass is 10.2. The predicted octanol–water partition coefficient (Wildman–Crippen LogP) is -0.272. The summed E-state index contributed by atoms with van der Waals surface area (Å²) >= 11 is 0. The molecule has 0 unspecified atom stereocenters. The molecule has 0 aliphatic heterocycles. The van der Waals surface area contributed by atoms with E-state index in [-0.39, 0.29) is 5.92 Å². The van der Waals surface area contributed by atoms with Crippen LogP contribution in [0.3, 0.4) is 0 Å². The summed E-state index contributed by atoms with van der Waals surface area (Å²) in [7, 11) is 5.32. The van der Waals surface area contributed by atoms with Crippen molar-refractivity contribution in [1.29, 1.82) is 0 Å². The molecule has 0 atom stereocenters. The van der Waals surface area contributed by atoms with Gasteiger partial charge in [-0.15, -0.1) is 5.10 Å². The van der Waals surface area contributed by atoms with Crippen molar-refractivity contribution in [2.75, 3.05) is 0 Å². The molecule has 2 radical (unpaired) electrons. The summed E-state index contributed by atoms with van der Waals surface area (Å²) in [5.41, 5.74) is 0. The highest BCUT2D eigenvalue weighted by atomic mass is 15.5. The molecule has 9 heavy (non-hydrogen) atoms. The lowest BCUT2D eigenvalue weighted by Gasteiger charge is -1.99. The minimum absolute atomic E-state index is 0.282. The van der Waals surface area contributed by atoms with Gasteiger partial charge in [-0.3, -0.25) is 4.59 Å². The van der Waals surface area contributed by atoms with Crippen LogP contribution in [0.25, 0.3) is 0 Å². The van der Waals surface area contributed by atoms with Crippen molar-refractivity contribution in [2.45, 2.75) is 19.8 Å². The van der Waals surface area contributed by atoms with E-state index in [1.165, 1.54) is 4.59 Å². The quantitative estimate of drug-likeness (QED) is 0.481. The van der Waals surface area contributed by atoms with E-state index >= 15 is 0 Å². The smallest absolute Gasteiger partial charge is 0.269 e. The molecule has 0 aliphatic rings. The monoisotopic (exact) mass is 122 g/mol. The summed E-state index contributed by atoms with van der Waals surface area (Å²) < 4.78 is 1.19. The van der Waals surface area contributed by atoms with Crippen molar-refractivity contribution in [1.82, 2.24) is 20.1 Å². The van der Waals surface area contributed by atoms with Crippen molar-refractivity contribution in [2.24, 2.45) is 0 Å². The van der Waals surface area contributed by atoms with Crippen LogP contribution in [0.5, 0.6) is 0 Å². The summed E-state index contributed by atoms with van der Waals surface area (Å²) in [5, 5.41) is 10.5. The van der Waals surface area contributed by atoms with E-state index in [0.717, 1.165) is 0 Å². The molecule has 5 heteroatoms. The zero-order chi connectivity index (χ0) is 6.85. The second-order valence-corrected chi connectivity index (χ2v) is 2.14. The predicted molar refractivity (Wildman–Crippen MR) is 33.1 cm³/mol. The van der Waals surface area contributed by atoms with Gasteiger partial charge in [-0.05, 0) is 5.21 Å². The van der Waals surface area contributed by atoms with Crippen LogP contribution in [0, 0.1) is 0 Å². The Morgan fingerprint density at radius 2 is 2.22 bits per heavy atom. The maximum atomic E-state index is 5.32. The SMILES string of the molecule is [B]n1nnnc1C(C)C. The first-order valence-electron chi connectivity index (χ1n) is 2.75.